The molecule has 0 saturated carbocycles. The molecule has 0 aliphatic heterocycles. The average Bonchev–Trinajstić information content (AvgIpc) is 2.75. The van der Waals surface area contributed by atoms with E-state index in [1.807, 2.05) is 31.0 Å². The van der Waals surface area contributed by atoms with Crippen LogP contribution < -0.4 is 0 Å². The van der Waals surface area contributed by atoms with Crippen LogP contribution in [-0.4, -0.2) is 23.6 Å². The quantitative estimate of drug-likeness (QED) is 0.901. The fourth-order valence-corrected chi connectivity index (χ4v) is 1.99. The third-order valence-corrected chi connectivity index (χ3v) is 2.96. The summed E-state index contributed by atoms with van der Waals surface area (Å²) in [6.07, 6.45) is -0.637. The van der Waals surface area contributed by atoms with Crippen LogP contribution in [0.4, 0.5) is 4.39 Å². The minimum Gasteiger partial charge on any atom is -0.465 e. The van der Waals surface area contributed by atoms with Crippen molar-refractivity contribution in [2.45, 2.75) is 19.6 Å². The summed E-state index contributed by atoms with van der Waals surface area (Å²) >= 11 is 0. The van der Waals surface area contributed by atoms with Gasteiger partial charge in [0, 0.05) is 6.54 Å². The van der Waals surface area contributed by atoms with Gasteiger partial charge in [-0.1, -0.05) is 12.1 Å². The predicted octanol–water partition coefficient (Wildman–Crippen LogP) is 2.89. The Morgan fingerprint density at radius 1 is 1.21 bits per heavy atom. The molecule has 0 saturated heterocycles. The molecule has 0 spiro atoms. The molecule has 2 aromatic rings. The monoisotopic (exact) mass is 263 g/mol. The molecule has 102 valence electrons. The lowest BCUT2D eigenvalue weighted by Crippen LogP contribution is -2.24. The zero-order valence-electron chi connectivity index (χ0n) is 11.1. The molecule has 1 aromatic heterocycles. The number of halogens is 1. The van der Waals surface area contributed by atoms with Crippen LogP contribution in [0.3, 0.4) is 0 Å². The van der Waals surface area contributed by atoms with E-state index in [0.29, 0.717) is 18.7 Å². The summed E-state index contributed by atoms with van der Waals surface area (Å²) in [6.45, 7) is 2.99. The van der Waals surface area contributed by atoms with Crippen molar-refractivity contribution >= 4 is 0 Å². The normalized spacial score (nSPS) is 12.9. The summed E-state index contributed by atoms with van der Waals surface area (Å²) in [6, 6.07) is 9.76. The fraction of sp³-hybridized carbons (Fsp3) is 0.333. The Labute approximate surface area is 112 Å². The molecular weight excluding hydrogens is 245 g/mol. The van der Waals surface area contributed by atoms with Crippen molar-refractivity contribution < 1.29 is 13.9 Å². The van der Waals surface area contributed by atoms with Gasteiger partial charge in [-0.15, -0.1) is 0 Å². The number of aliphatic hydroxyl groups is 1. The van der Waals surface area contributed by atoms with Gasteiger partial charge in [-0.25, -0.2) is 4.39 Å². The van der Waals surface area contributed by atoms with E-state index in [0.717, 1.165) is 11.5 Å². The first-order chi connectivity index (χ1) is 9.04. The summed E-state index contributed by atoms with van der Waals surface area (Å²) in [5.74, 6) is 1.45. The number of nitrogens with zero attached hydrogens (tertiary/aromatic N) is 1. The summed E-state index contributed by atoms with van der Waals surface area (Å²) in [5.41, 5.74) is 0.712. The van der Waals surface area contributed by atoms with Crippen molar-refractivity contribution in [3.63, 3.8) is 0 Å². The van der Waals surface area contributed by atoms with E-state index in [2.05, 4.69) is 0 Å². The maximum Gasteiger partial charge on any atom is 0.123 e. The molecule has 4 heteroatoms. The van der Waals surface area contributed by atoms with Crippen molar-refractivity contribution in [1.29, 1.82) is 0 Å². The molecule has 1 aromatic carbocycles. The fourth-order valence-electron chi connectivity index (χ4n) is 1.99. The topological polar surface area (TPSA) is 36.6 Å². The number of aliphatic hydroxyl groups excluding tert-OH is 1. The van der Waals surface area contributed by atoms with Crippen molar-refractivity contribution in [2.24, 2.45) is 0 Å². The lowest BCUT2D eigenvalue weighted by Gasteiger charge is -2.19. The van der Waals surface area contributed by atoms with Gasteiger partial charge in [0.25, 0.3) is 0 Å². The lowest BCUT2D eigenvalue weighted by atomic mass is 10.1. The Morgan fingerprint density at radius 2 is 1.89 bits per heavy atom. The van der Waals surface area contributed by atoms with E-state index in [9.17, 15) is 9.50 Å². The van der Waals surface area contributed by atoms with Crippen LogP contribution in [0.2, 0.25) is 0 Å². The molecular formula is C15H18FNO2. The zero-order chi connectivity index (χ0) is 13.8. The van der Waals surface area contributed by atoms with Gasteiger partial charge in [-0.2, -0.15) is 0 Å². The highest BCUT2D eigenvalue weighted by atomic mass is 19.1. The summed E-state index contributed by atoms with van der Waals surface area (Å²) in [4.78, 5) is 1.96. The number of aryl methyl sites for hydroxylation is 1. The summed E-state index contributed by atoms with van der Waals surface area (Å²) in [7, 11) is 1.91. The first-order valence-corrected chi connectivity index (χ1v) is 6.22. The number of benzene rings is 1. The number of likely N-dealkylation sites (N-methyl/N-ethyl adjacent to an activating group) is 1. The van der Waals surface area contributed by atoms with Crippen LogP contribution in [0.5, 0.6) is 0 Å². The summed E-state index contributed by atoms with van der Waals surface area (Å²) in [5, 5.41) is 10.1. The maximum atomic E-state index is 12.8. The van der Waals surface area contributed by atoms with Crippen molar-refractivity contribution in [3.05, 3.63) is 59.3 Å². The number of rotatable bonds is 5. The van der Waals surface area contributed by atoms with Crippen molar-refractivity contribution in [3.8, 4) is 0 Å². The number of furan rings is 1. The second kappa shape index (κ2) is 5.99. The van der Waals surface area contributed by atoms with Crippen LogP contribution in [-0.2, 0) is 6.54 Å². The van der Waals surface area contributed by atoms with Crippen molar-refractivity contribution in [1.82, 2.24) is 4.90 Å². The summed E-state index contributed by atoms with van der Waals surface area (Å²) < 4.78 is 18.3. The molecule has 3 nitrogen and oxygen atoms in total. The minimum absolute atomic E-state index is 0.296. The first kappa shape index (κ1) is 13.8. The Bertz CT molecular complexity index is 521. The second-order valence-corrected chi connectivity index (χ2v) is 4.78. The maximum absolute atomic E-state index is 12.8. The van der Waals surface area contributed by atoms with E-state index in [1.54, 1.807) is 12.1 Å². The Kier molecular flexibility index (Phi) is 4.35. The Morgan fingerprint density at radius 3 is 2.47 bits per heavy atom. The molecule has 1 unspecified atom stereocenters. The van der Waals surface area contributed by atoms with Gasteiger partial charge in [0.05, 0.1) is 12.6 Å². The van der Waals surface area contributed by atoms with E-state index in [4.69, 9.17) is 4.42 Å². The van der Waals surface area contributed by atoms with Crippen LogP contribution in [0.15, 0.2) is 40.8 Å². The van der Waals surface area contributed by atoms with E-state index in [-0.39, 0.29) is 5.82 Å². The molecule has 1 heterocycles. The van der Waals surface area contributed by atoms with Gasteiger partial charge in [0.15, 0.2) is 0 Å². The molecule has 0 aliphatic rings. The Balaban J connectivity index is 1.91. The van der Waals surface area contributed by atoms with Gasteiger partial charge in [-0.05, 0) is 43.8 Å². The molecule has 0 radical (unpaired) electrons. The smallest absolute Gasteiger partial charge is 0.123 e. The van der Waals surface area contributed by atoms with Gasteiger partial charge < -0.3 is 9.52 Å². The highest BCUT2D eigenvalue weighted by Crippen LogP contribution is 2.16. The van der Waals surface area contributed by atoms with E-state index in [1.165, 1.54) is 12.1 Å². The second-order valence-electron chi connectivity index (χ2n) is 4.78. The highest BCUT2D eigenvalue weighted by molar-refractivity contribution is 5.18. The number of hydrogen-bond donors (Lipinski definition) is 1. The molecule has 0 fully saturated rings. The van der Waals surface area contributed by atoms with E-state index >= 15 is 0 Å². The zero-order valence-corrected chi connectivity index (χ0v) is 11.1. The molecule has 0 amide bonds. The molecule has 0 aliphatic carbocycles. The van der Waals surface area contributed by atoms with Gasteiger partial charge in [0.2, 0.25) is 0 Å². The SMILES string of the molecule is Cc1ccc(CN(C)CC(O)c2ccc(F)cc2)o1. The molecule has 0 bridgehead atoms. The molecule has 1 N–H and O–H groups in total. The van der Waals surface area contributed by atoms with Gasteiger partial charge in [0.1, 0.15) is 17.3 Å². The third kappa shape index (κ3) is 3.91. The minimum atomic E-state index is -0.637. The average molecular weight is 263 g/mol. The first-order valence-electron chi connectivity index (χ1n) is 6.22. The Hall–Kier alpha value is -1.65. The largest absolute Gasteiger partial charge is 0.465 e. The molecule has 2 rings (SSSR count). The van der Waals surface area contributed by atoms with Crippen LogP contribution >= 0.6 is 0 Å². The van der Waals surface area contributed by atoms with Crippen molar-refractivity contribution in [2.75, 3.05) is 13.6 Å². The van der Waals surface area contributed by atoms with Gasteiger partial charge >= 0.3 is 0 Å². The lowest BCUT2D eigenvalue weighted by molar-refractivity contribution is 0.120. The van der Waals surface area contributed by atoms with Crippen LogP contribution in [0.25, 0.3) is 0 Å². The molecule has 1 atom stereocenters. The standard InChI is InChI=1S/C15H18FNO2/c1-11-3-8-14(19-11)9-17(2)10-15(18)12-4-6-13(16)7-5-12/h3-8,15,18H,9-10H2,1-2H3. The van der Waals surface area contributed by atoms with Gasteiger partial charge in [-0.3, -0.25) is 4.90 Å². The number of hydrogen-bond acceptors (Lipinski definition) is 3. The highest BCUT2D eigenvalue weighted by Gasteiger charge is 2.12. The molecule has 19 heavy (non-hydrogen) atoms. The predicted molar refractivity (Wildman–Crippen MR) is 71.1 cm³/mol. The van der Waals surface area contributed by atoms with Crippen LogP contribution in [0.1, 0.15) is 23.2 Å². The third-order valence-electron chi connectivity index (χ3n) is 2.96. The van der Waals surface area contributed by atoms with E-state index < -0.39 is 6.10 Å². The van der Waals surface area contributed by atoms with Crippen LogP contribution in [0, 0.1) is 12.7 Å².